The van der Waals surface area contributed by atoms with Crippen molar-refractivity contribution in [2.45, 2.75) is 47.0 Å². The van der Waals surface area contributed by atoms with Crippen molar-refractivity contribution in [1.82, 2.24) is 4.98 Å². The van der Waals surface area contributed by atoms with E-state index in [9.17, 15) is 0 Å². The molecule has 1 aromatic heterocycles. The van der Waals surface area contributed by atoms with Gasteiger partial charge >= 0.3 is 0 Å². The van der Waals surface area contributed by atoms with Crippen LogP contribution in [0.25, 0.3) is 0 Å². The normalized spacial score (nSPS) is 11.4. The van der Waals surface area contributed by atoms with Gasteiger partial charge in [0, 0.05) is 19.8 Å². The number of aromatic nitrogens is 1. The van der Waals surface area contributed by atoms with Gasteiger partial charge in [0.05, 0.1) is 0 Å². The van der Waals surface area contributed by atoms with E-state index < -0.39 is 0 Å². The molecule has 16 heavy (non-hydrogen) atoms. The summed E-state index contributed by atoms with van der Waals surface area (Å²) in [5.41, 5.74) is 2.43. The minimum absolute atomic E-state index is 0.550. The van der Waals surface area contributed by atoms with Gasteiger partial charge in [-0.25, -0.2) is 4.98 Å². The smallest absolute Gasteiger partial charge is 0.131 e. The third kappa shape index (κ3) is 3.84. The zero-order valence-electron chi connectivity index (χ0n) is 11.8. The van der Waals surface area contributed by atoms with Crippen molar-refractivity contribution in [2.24, 2.45) is 0 Å². The van der Waals surface area contributed by atoms with Gasteiger partial charge in [-0.1, -0.05) is 33.8 Å². The number of aryl methyl sites for hydroxylation is 1. The maximum absolute atomic E-state index is 4.67. The molecule has 0 aliphatic carbocycles. The fourth-order valence-corrected chi connectivity index (χ4v) is 1.47. The molecule has 0 spiro atoms. The largest absolute Gasteiger partial charge is 0.363 e. The number of nitrogens with zero attached hydrogens (tertiary/aromatic N) is 2. The predicted molar refractivity (Wildman–Crippen MR) is 73.4 cm³/mol. The van der Waals surface area contributed by atoms with Crippen LogP contribution in [0.5, 0.6) is 0 Å². The minimum atomic E-state index is 0.550. The minimum Gasteiger partial charge on any atom is -0.363 e. The fourth-order valence-electron chi connectivity index (χ4n) is 1.47. The summed E-state index contributed by atoms with van der Waals surface area (Å²) in [6.07, 6.45) is 1.14. The Bertz CT molecular complexity index is 306. The van der Waals surface area contributed by atoms with Crippen molar-refractivity contribution >= 4 is 5.82 Å². The summed E-state index contributed by atoms with van der Waals surface area (Å²) < 4.78 is 0. The monoisotopic (exact) mass is 222 g/mol. The standard InChI is InChI=1S/C12H20N2.C2H6/c1-6-9(2)11-8-7-10(3)12(13-11)14(4)5;1-2/h7-9H,6H2,1-5H3;1-2H3. The Hall–Kier alpha value is -1.05. The van der Waals surface area contributed by atoms with Gasteiger partial charge in [-0.05, 0) is 30.9 Å². The van der Waals surface area contributed by atoms with E-state index >= 15 is 0 Å². The summed E-state index contributed by atoms with van der Waals surface area (Å²) in [6.45, 7) is 10.5. The van der Waals surface area contributed by atoms with E-state index in [2.05, 4.69) is 42.8 Å². The lowest BCUT2D eigenvalue weighted by molar-refractivity contribution is 0.706. The lowest BCUT2D eigenvalue weighted by atomic mass is 10.0. The molecule has 0 aromatic carbocycles. The molecular formula is C14H26N2. The third-order valence-electron chi connectivity index (χ3n) is 2.63. The highest BCUT2D eigenvalue weighted by atomic mass is 15.1. The average molecular weight is 222 g/mol. The highest BCUT2D eigenvalue weighted by Crippen LogP contribution is 2.21. The Morgan fingerprint density at radius 2 is 1.81 bits per heavy atom. The van der Waals surface area contributed by atoms with Crippen LogP contribution in [0.1, 0.15) is 51.3 Å². The number of anilines is 1. The van der Waals surface area contributed by atoms with E-state index in [-0.39, 0.29) is 0 Å². The molecular weight excluding hydrogens is 196 g/mol. The van der Waals surface area contributed by atoms with E-state index in [0.717, 1.165) is 12.2 Å². The van der Waals surface area contributed by atoms with Gasteiger partial charge in [-0.3, -0.25) is 0 Å². The Balaban J connectivity index is 0.00000106. The molecule has 1 heterocycles. The first-order valence-corrected chi connectivity index (χ1v) is 6.21. The Morgan fingerprint density at radius 3 is 2.25 bits per heavy atom. The predicted octanol–water partition coefficient (Wildman–Crippen LogP) is 4.00. The third-order valence-corrected chi connectivity index (χ3v) is 2.63. The Labute approximate surface area is 101 Å². The topological polar surface area (TPSA) is 16.1 Å². The molecule has 2 heteroatoms. The maximum atomic E-state index is 4.67. The SMILES string of the molecule is CC.CCC(C)c1ccc(C)c(N(C)C)n1. The molecule has 0 N–H and O–H groups in total. The number of hydrogen-bond acceptors (Lipinski definition) is 2. The highest BCUT2D eigenvalue weighted by molar-refractivity contribution is 5.45. The van der Waals surface area contributed by atoms with Crippen molar-refractivity contribution in [3.63, 3.8) is 0 Å². The summed E-state index contributed by atoms with van der Waals surface area (Å²) >= 11 is 0. The molecule has 1 aromatic rings. The van der Waals surface area contributed by atoms with Gasteiger partial charge < -0.3 is 4.90 Å². The molecule has 0 amide bonds. The van der Waals surface area contributed by atoms with E-state index in [1.165, 1.54) is 11.3 Å². The van der Waals surface area contributed by atoms with Crippen LogP contribution in [0.2, 0.25) is 0 Å². The van der Waals surface area contributed by atoms with Crippen LogP contribution in [0.15, 0.2) is 12.1 Å². The summed E-state index contributed by atoms with van der Waals surface area (Å²) in [5, 5.41) is 0. The molecule has 1 unspecified atom stereocenters. The second kappa shape index (κ2) is 7.26. The van der Waals surface area contributed by atoms with Crippen molar-refractivity contribution < 1.29 is 0 Å². The first-order valence-electron chi connectivity index (χ1n) is 6.21. The molecule has 0 saturated carbocycles. The molecule has 2 nitrogen and oxygen atoms in total. The van der Waals surface area contributed by atoms with Gasteiger partial charge in [0.15, 0.2) is 0 Å². The zero-order valence-corrected chi connectivity index (χ0v) is 11.8. The van der Waals surface area contributed by atoms with Crippen LogP contribution in [0, 0.1) is 6.92 Å². The van der Waals surface area contributed by atoms with Crippen LogP contribution in [-0.2, 0) is 0 Å². The van der Waals surface area contributed by atoms with Gasteiger partial charge in [-0.2, -0.15) is 0 Å². The van der Waals surface area contributed by atoms with E-state index in [4.69, 9.17) is 0 Å². The molecule has 0 aliphatic heterocycles. The fraction of sp³-hybridized carbons (Fsp3) is 0.643. The van der Waals surface area contributed by atoms with Gasteiger partial charge in [-0.15, -0.1) is 0 Å². The molecule has 0 radical (unpaired) electrons. The number of rotatable bonds is 3. The summed E-state index contributed by atoms with van der Waals surface area (Å²) in [4.78, 5) is 6.74. The van der Waals surface area contributed by atoms with Crippen molar-refractivity contribution in [3.05, 3.63) is 23.4 Å². The highest BCUT2D eigenvalue weighted by Gasteiger charge is 2.08. The van der Waals surface area contributed by atoms with Crippen LogP contribution in [0.3, 0.4) is 0 Å². The molecule has 1 rings (SSSR count). The lowest BCUT2D eigenvalue weighted by Crippen LogP contribution is -2.13. The molecule has 1 atom stereocenters. The van der Waals surface area contributed by atoms with Gasteiger partial charge in [0.1, 0.15) is 5.82 Å². The number of pyridine rings is 1. The zero-order chi connectivity index (χ0) is 12.7. The maximum Gasteiger partial charge on any atom is 0.131 e. The van der Waals surface area contributed by atoms with Gasteiger partial charge in [0.2, 0.25) is 0 Å². The van der Waals surface area contributed by atoms with Crippen LogP contribution < -0.4 is 4.90 Å². The van der Waals surface area contributed by atoms with Crippen molar-refractivity contribution in [3.8, 4) is 0 Å². The lowest BCUT2D eigenvalue weighted by Gasteiger charge is -2.17. The average Bonchev–Trinajstić information content (AvgIpc) is 2.31. The Kier molecular flexibility index (Phi) is 6.78. The van der Waals surface area contributed by atoms with Crippen LogP contribution >= 0.6 is 0 Å². The van der Waals surface area contributed by atoms with Gasteiger partial charge in [0.25, 0.3) is 0 Å². The second-order valence-corrected chi connectivity index (χ2v) is 4.08. The summed E-state index contributed by atoms with van der Waals surface area (Å²) in [7, 11) is 4.07. The number of hydrogen-bond donors (Lipinski definition) is 0. The molecule has 92 valence electrons. The van der Waals surface area contributed by atoms with E-state index in [1.54, 1.807) is 0 Å². The van der Waals surface area contributed by atoms with Crippen LogP contribution in [0.4, 0.5) is 5.82 Å². The molecule has 0 saturated heterocycles. The van der Waals surface area contributed by atoms with E-state index in [0.29, 0.717) is 5.92 Å². The van der Waals surface area contributed by atoms with Crippen LogP contribution in [-0.4, -0.2) is 19.1 Å². The van der Waals surface area contributed by atoms with E-state index in [1.807, 2.05) is 27.9 Å². The Morgan fingerprint density at radius 1 is 1.25 bits per heavy atom. The second-order valence-electron chi connectivity index (χ2n) is 4.08. The van der Waals surface area contributed by atoms with Crippen molar-refractivity contribution in [1.29, 1.82) is 0 Å². The molecule has 0 bridgehead atoms. The first-order chi connectivity index (χ1) is 7.56. The molecule has 0 fully saturated rings. The summed E-state index contributed by atoms with van der Waals surface area (Å²) in [6, 6.07) is 4.29. The van der Waals surface area contributed by atoms with Crippen molar-refractivity contribution in [2.75, 3.05) is 19.0 Å². The quantitative estimate of drug-likeness (QED) is 0.768. The first kappa shape index (κ1) is 14.9. The summed E-state index contributed by atoms with van der Waals surface area (Å²) in [5.74, 6) is 1.64. The molecule has 0 aliphatic rings.